The highest BCUT2D eigenvalue weighted by Crippen LogP contribution is 2.23. The summed E-state index contributed by atoms with van der Waals surface area (Å²) in [7, 11) is 0. The number of aliphatic hydroxyl groups is 1. The molecule has 0 bridgehead atoms. The van der Waals surface area contributed by atoms with Gasteiger partial charge in [-0.25, -0.2) is 0 Å². The first kappa shape index (κ1) is 16.9. The summed E-state index contributed by atoms with van der Waals surface area (Å²) in [4.78, 5) is 14.3. The second kappa shape index (κ2) is 7.28. The van der Waals surface area contributed by atoms with Crippen molar-refractivity contribution in [2.45, 2.75) is 25.9 Å². The second-order valence-electron chi connectivity index (χ2n) is 6.26. The average molecular weight is 346 g/mol. The maximum absolute atomic E-state index is 12.6. The van der Waals surface area contributed by atoms with Crippen molar-refractivity contribution in [2.75, 3.05) is 13.1 Å². The molecule has 1 aliphatic heterocycles. The minimum atomic E-state index is -0.408. The fraction of sp³-hybridized carbons (Fsp3) is 0.389. The topological polar surface area (TPSA) is 66.3 Å². The predicted octanol–water partition coefficient (Wildman–Crippen LogP) is 2.50. The number of aliphatic hydroxyl groups excluding tert-OH is 1. The van der Waals surface area contributed by atoms with Gasteiger partial charge in [-0.15, -0.1) is 5.10 Å². The molecule has 0 aliphatic carbocycles. The molecular weight excluding hydrogens is 326 g/mol. The molecule has 2 atom stereocenters. The number of aromatic nitrogens is 2. The van der Waals surface area contributed by atoms with Gasteiger partial charge >= 0.3 is 0 Å². The van der Waals surface area contributed by atoms with Crippen molar-refractivity contribution in [3.05, 3.63) is 58.4 Å². The van der Waals surface area contributed by atoms with Gasteiger partial charge in [0, 0.05) is 24.0 Å². The number of hydrogen-bond acceptors (Lipinski definition) is 4. The summed E-state index contributed by atoms with van der Waals surface area (Å²) in [6.45, 7) is 2.88. The predicted molar refractivity (Wildman–Crippen MR) is 91.9 cm³/mol. The Kier molecular flexibility index (Phi) is 5.11. The zero-order valence-corrected chi connectivity index (χ0v) is 14.3. The lowest BCUT2D eigenvalue weighted by Crippen LogP contribution is -2.47. The normalized spacial score (nSPS) is 20.9. The summed E-state index contributed by atoms with van der Waals surface area (Å²) >= 11 is 5.91. The lowest BCUT2D eigenvalue weighted by atomic mass is 9.88. The number of halogens is 1. The Morgan fingerprint density at radius 3 is 2.67 bits per heavy atom. The number of hydrogen-bond donors (Lipinski definition) is 1. The third kappa shape index (κ3) is 3.91. The van der Waals surface area contributed by atoms with Gasteiger partial charge in [0.15, 0.2) is 5.69 Å². The van der Waals surface area contributed by atoms with Gasteiger partial charge in [0.1, 0.15) is 0 Å². The van der Waals surface area contributed by atoms with Gasteiger partial charge in [-0.1, -0.05) is 23.7 Å². The van der Waals surface area contributed by atoms with Crippen molar-refractivity contribution in [3.63, 3.8) is 0 Å². The minimum Gasteiger partial charge on any atom is -0.393 e. The fourth-order valence-electron chi connectivity index (χ4n) is 3.00. The van der Waals surface area contributed by atoms with E-state index in [9.17, 15) is 9.90 Å². The van der Waals surface area contributed by atoms with E-state index < -0.39 is 6.10 Å². The third-order valence-electron chi connectivity index (χ3n) is 4.41. The molecule has 3 rings (SSSR count). The number of piperidine rings is 1. The van der Waals surface area contributed by atoms with E-state index in [4.69, 9.17) is 11.6 Å². The van der Waals surface area contributed by atoms with Crippen molar-refractivity contribution < 1.29 is 9.90 Å². The lowest BCUT2D eigenvalue weighted by Gasteiger charge is -2.36. The molecule has 2 aromatic rings. The average Bonchev–Trinajstić information content (AvgIpc) is 2.59. The maximum atomic E-state index is 12.6. The van der Waals surface area contributed by atoms with Crippen LogP contribution in [0.25, 0.3) is 0 Å². The van der Waals surface area contributed by atoms with E-state index in [0.29, 0.717) is 36.6 Å². The van der Waals surface area contributed by atoms with Crippen LogP contribution in [-0.4, -0.2) is 45.3 Å². The number of likely N-dealkylation sites (tertiary alicyclic amines) is 1. The summed E-state index contributed by atoms with van der Waals surface area (Å²) in [5.74, 6) is -0.127. The molecule has 24 heavy (non-hydrogen) atoms. The maximum Gasteiger partial charge on any atom is 0.274 e. The molecular formula is C18H20ClN3O2. The molecule has 6 heteroatoms. The Hall–Kier alpha value is -1.98. The number of aryl methyl sites for hydroxylation is 1. The Morgan fingerprint density at radius 1 is 1.25 bits per heavy atom. The summed E-state index contributed by atoms with van der Waals surface area (Å²) in [6, 6.07) is 11.1. The van der Waals surface area contributed by atoms with Gasteiger partial charge in [0.2, 0.25) is 0 Å². The van der Waals surface area contributed by atoms with E-state index in [0.717, 1.165) is 11.3 Å². The molecule has 1 aromatic heterocycles. The van der Waals surface area contributed by atoms with Crippen LogP contribution in [0.5, 0.6) is 0 Å². The Balaban J connectivity index is 1.69. The molecule has 1 amide bonds. The van der Waals surface area contributed by atoms with E-state index in [-0.39, 0.29) is 11.8 Å². The van der Waals surface area contributed by atoms with E-state index in [2.05, 4.69) is 10.2 Å². The zero-order valence-electron chi connectivity index (χ0n) is 13.5. The number of carbonyl (C=O) groups excluding carboxylic acids is 1. The van der Waals surface area contributed by atoms with Crippen molar-refractivity contribution >= 4 is 17.5 Å². The van der Waals surface area contributed by atoms with Gasteiger partial charge in [-0.2, -0.15) is 5.10 Å². The highest BCUT2D eigenvalue weighted by atomic mass is 35.5. The molecule has 0 spiro atoms. The number of carbonyl (C=O) groups is 1. The van der Waals surface area contributed by atoms with Crippen LogP contribution in [0.15, 0.2) is 36.4 Å². The number of nitrogens with zero attached hydrogens (tertiary/aromatic N) is 3. The number of amides is 1. The van der Waals surface area contributed by atoms with Gasteiger partial charge < -0.3 is 10.0 Å². The standard InChI is InChI=1S/C18H20ClN3O2/c1-12-2-7-16(21-20-12)18(24)22-9-8-17(23)14(11-22)10-13-3-5-15(19)6-4-13/h2-7,14,17,23H,8-11H2,1H3/t14-,17+/m1/s1. The number of benzene rings is 1. The molecule has 0 unspecified atom stereocenters. The van der Waals surface area contributed by atoms with Gasteiger partial charge in [-0.3, -0.25) is 4.79 Å². The quantitative estimate of drug-likeness (QED) is 0.928. The van der Waals surface area contributed by atoms with Crippen LogP contribution in [0.2, 0.25) is 5.02 Å². The first-order valence-corrected chi connectivity index (χ1v) is 8.43. The molecule has 1 aliphatic rings. The van der Waals surface area contributed by atoms with E-state index >= 15 is 0 Å². The van der Waals surface area contributed by atoms with E-state index in [1.165, 1.54) is 0 Å². The SMILES string of the molecule is Cc1ccc(C(=O)N2CC[C@H](O)[C@H](Cc3ccc(Cl)cc3)C2)nn1. The van der Waals surface area contributed by atoms with Gasteiger partial charge in [0.05, 0.1) is 11.8 Å². The minimum absolute atomic E-state index is 0.00211. The summed E-state index contributed by atoms with van der Waals surface area (Å²) in [5.41, 5.74) is 2.23. The van der Waals surface area contributed by atoms with Crippen molar-refractivity contribution in [1.29, 1.82) is 0 Å². The van der Waals surface area contributed by atoms with E-state index in [1.54, 1.807) is 17.0 Å². The van der Waals surface area contributed by atoms with Gasteiger partial charge in [-0.05, 0) is 49.6 Å². The van der Waals surface area contributed by atoms with Crippen molar-refractivity contribution in [2.24, 2.45) is 5.92 Å². The van der Waals surface area contributed by atoms with Crippen LogP contribution in [0.3, 0.4) is 0 Å². The van der Waals surface area contributed by atoms with Crippen molar-refractivity contribution in [1.82, 2.24) is 15.1 Å². The number of rotatable bonds is 3. The molecule has 1 aromatic carbocycles. The largest absolute Gasteiger partial charge is 0.393 e. The van der Waals surface area contributed by atoms with Crippen molar-refractivity contribution in [3.8, 4) is 0 Å². The Morgan fingerprint density at radius 2 is 2.00 bits per heavy atom. The van der Waals surface area contributed by atoms with Crippen LogP contribution in [0.1, 0.15) is 28.2 Å². The Bertz CT molecular complexity index is 703. The molecule has 5 nitrogen and oxygen atoms in total. The monoisotopic (exact) mass is 345 g/mol. The second-order valence-corrected chi connectivity index (χ2v) is 6.69. The fourth-order valence-corrected chi connectivity index (χ4v) is 3.13. The lowest BCUT2D eigenvalue weighted by molar-refractivity contribution is 0.0237. The van der Waals surface area contributed by atoms with Crippen LogP contribution in [-0.2, 0) is 6.42 Å². The first-order chi connectivity index (χ1) is 11.5. The molecule has 1 saturated heterocycles. The van der Waals surface area contributed by atoms with Gasteiger partial charge in [0.25, 0.3) is 5.91 Å². The van der Waals surface area contributed by atoms with Crippen LogP contribution < -0.4 is 0 Å². The first-order valence-electron chi connectivity index (χ1n) is 8.05. The molecule has 0 radical (unpaired) electrons. The Labute approximate surface area is 146 Å². The van der Waals surface area contributed by atoms with Crippen LogP contribution in [0, 0.1) is 12.8 Å². The summed E-state index contributed by atoms with van der Waals surface area (Å²) in [5, 5.41) is 18.9. The summed E-state index contributed by atoms with van der Waals surface area (Å²) < 4.78 is 0. The van der Waals surface area contributed by atoms with E-state index in [1.807, 2.05) is 31.2 Å². The molecule has 1 N–H and O–H groups in total. The highest BCUT2D eigenvalue weighted by Gasteiger charge is 2.31. The molecule has 0 saturated carbocycles. The highest BCUT2D eigenvalue weighted by molar-refractivity contribution is 6.30. The molecule has 2 heterocycles. The molecule has 126 valence electrons. The van der Waals surface area contributed by atoms with Crippen LogP contribution >= 0.6 is 11.6 Å². The third-order valence-corrected chi connectivity index (χ3v) is 4.66. The molecule has 1 fully saturated rings. The zero-order chi connectivity index (χ0) is 17.1. The van der Waals surface area contributed by atoms with Crippen LogP contribution in [0.4, 0.5) is 0 Å². The summed E-state index contributed by atoms with van der Waals surface area (Å²) in [6.07, 6.45) is 0.874. The smallest absolute Gasteiger partial charge is 0.274 e.